The zero-order valence-electron chi connectivity index (χ0n) is 20.5. The highest BCUT2D eigenvalue weighted by atomic mass is 16.5. The second kappa shape index (κ2) is 10.1. The summed E-state index contributed by atoms with van der Waals surface area (Å²) in [7, 11) is 0. The molecule has 1 atom stereocenters. The quantitative estimate of drug-likeness (QED) is 0.258. The molecule has 1 heterocycles. The molecule has 1 fully saturated rings. The van der Waals surface area contributed by atoms with Crippen LogP contribution in [0.5, 0.6) is 0 Å². The summed E-state index contributed by atoms with van der Waals surface area (Å²) in [5, 5.41) is 23.9. The number of rotatable bonds is 10. The van der Waals surface area contributed by atoms with Crippen molar-refractivity contribution in [3.05, 3.63) is 101 Å². The third-order valence-corrected chi connectivity index (χ3v) is 7.39. The Morgan fingerprint density at radius 2 is 1.56 bits per heavy atom. The van der Waals surface area contributed by atoms with Gasteiger partial charge in [-0.25, -0.2) is 0 Å². The third kappa shape index (κ3) is 5.12. The molecule has 1 unspecified atom stereocenters. The Labute approximate surface area is 211 Å². The monoisotopic (exact) mass is 481 g/mol. The van der Waals surface area contributed by atoms with Crippen molar-refractivity contribution in [3.63, 3.8) is 0 Å². The predicted octanol–water partition coefficient (Wildman–Crippen LogP) is 6.88. The van der Waals surface area contributed by atoms with Crippen LogP contribution in [0.3, 0.4) is 0 Å². The fraction of sp³-hybridized carbons (Fsp3) is 0.290. The van der Waals surface area contributed by atoms with Crippen LogP contribution < -0.4 is 0 Å². The van der Waals surface area contributed by atoms with E-state index in [9.17, 15) is 15.0 Å². The van der Waals surface area contributed by atoms with Crippen molar-refractivity contribution in [2.75, 3.05) is 0 Å². The summed E-state index contributed by atoms with van der Waals surface area (Å²) in [4.78, 5) is 11.2. The topological polar surface area (TPSA) is 83.6 Å². The van der Waals surface area contributed by atoms with Crippen LogP contribution in [0.15, 0.2) is 83.4 Å². The molecule has 0 saturated heterocycles. The molecule has 0 spiro atoms. The van der Waals surface area contributed by atoms with Crippen molar-refractivity contribution in [2.45, 2.75) is 57.0 Å². The average Bonchev–Trinajstić information content (AvgIpc) is 3.59. The van der Waals surface area contributed by atoms with E-state index < -0.39 is 12.1 Å². The van der Waals surface area contributed by atoms with Crippen LogP contribution in [0.25, 0.3) is 22.5 Å². The molecule has 0 bridgehead atoms. The first-order valence-electron chi connectivity index (χ1n) is 12.6. The molecule has 5 rings (SSSR count). The SMILES string of the molecule is Cc1noc(-c2ccc(-c3ccc(C4(CC(=O)O)CC4)cc3)cc2)c1CCCC(O)c1ccccc1. The largest absolute Gasteiger partial charge is 0.481 e. The van der Waals surface area contributed by atoms with Gasteiger partial charge in [-0.3, -0.25) is 4.79 Å². The van der Waals surface area contributed by atoms with Crippen LogP contribution in [-0.4, -0.2) is 21.3 Å². The lowest BCUT2D eigenvalue weighted by Gasteiger charge is -2.14. The number of aryl methyl sites for hydroxylation is 1. The second-order valence-corrected chi connectivity index (χ2v) is 9.90. The molecule has 5 nitrogen and oxygen atoms in total. The molecule has 1 aliphatic rings. The van der Waals surface area contributed by atoms with Gasteiger partial charge >= 0.3 is 5.97 Å². The van der Waals surface area contributed by atoms with Crippen molar-refractivity contribution < 1.29 is 19.5 Å². The Hall–Kier alpha value is -3.70. The van der Waals surface area contributed by atoms with E-state index in [4.69, 9.17) is 4.52 Å². The number of aromatic nitrogens is 1. The molecule has 5 heteroatoms. The Morgan fingerprint density at radius 3 is 2.17 bits per heavy atom. The summed E-state index contributed by atoms with van der Waals surface area (Å²) in [6.07, 6.45) is 3.91. The maximum atomic E-state index is 11.2. The molecule has 2 N–H and O–H groups in total. The minimum absolute atomic E-state index is 0.175. The van der Waals surface area contributed by atoms with Crippen LogP contribution in [0.4, 0.5) is 0 Å². The number of aliphatic carboxylic acids is 1. The van der Waals surface area contributed by atoms with Gasteiger partial charge in [-0.1, -0.05) is 84.0 Å². The number of aliphatic hydroxyl groups excluding tert-OH is 1. The van der Waals surface area contributed by atoms with E-state index in [1.54, 1.807) is 0 Å². The van der Waals surface area contributed by atoms with Gasteiger partial charge in [0.05, 0.1) is 18.2 Å². The van der Waals surface area contributed by atoms with Gasteiger partial charge in [0, 0.05) is 16.5 Å². The van der Waals surface area contributed by atoms with Crippen LogP contribution in [0.2, 0.25) is 0 Å². The maximum absolute atomic E-state index is 11.2. The zero-order valence-corrected chi connectivity index (χ0v) is 20.5. The minimum atomic E-state index is -0.735. The first-order chi connectivity index (χ1) is 17.4. The Morgan fingerprint density at radius 1 is 0.944 bits per heavy atom. The molecule has 1 saturated carbocycles. The van der Waals surface area contributed by atoms with Gasteiger partial charge in [0.2, 0.25) is 0 Å². The molecule has 1 aromatic heterocycles. The number of benzene rings is 3. The number of carboxylic acid groups (broad SMARTS) is 1. The molecule has 4 aromatic rings. The van der Waals surface area contributed by atoms with Gasteiger partial charge in [-0.05, 0) is 61.3 Å². The number of nitrogens with zero attached hydrogens (tertiary/aromatic N) is 1. The Kier molecular flexibility index (Phi) is 6.75. The second-order valence-electron chi connectivity index (χ2n) is 9.90. The first kappa shape index (κ1) is 24.0. The maximum Gasteiger partial charge on any atom is 0.304 e. The lowest BCUT2D eigenvalue weighted by molar-refractivity contribution is -0.137. The van der Waals surface area contributed by atoms with Crippen LogP contribution >= 0.6 is 0 Å². The average molecular weight is 482 g/mol. The van der Waals surface area contributed by atoms with E-state index in [0.29, 0.717) is 6.42 Å². The smallest absolute Gasteiger partial charge is 0.304 e. The van der Waals surface area contributed by atoms with Crippen molar-refractivity contribution in [3.8, 4) is 22.5 Å². The zero-order chi connectivity index (χ0) is 25.1. The molecule has 1 aliphatic carbocycles. The summed E-state index contributed by atoms with van der Waals surface area (Å²) in [6.45, 7) is 1.96. The highest BCUT2D eigenvalue weighted by Gasteiger charge is 2.45. The van der Waals surface area contributed by atoms with Gasteiger partial charge in [-0.15, -0.1) is 0 Å². The van der Waals surface area contributed by atoms with E-state index in [-0.39, 0.29) is 11.8 Å². The van der Waals surface area contributed by atoms with E-state index in [1.165, 1.54) is 0 Å². The molecular weight excluding hydrogens is 450 g/mol. The minimum Gasteiger partial charge on any atom is -0.481 e. The van der Waals surface area contributed by atoms with Gasteiger partial charge in [0.25, 0.3) is 0 Å². The molecule has 3 aromatic carbocycles. The molecule has 36 heavy (non-hydrogen) atoms. The number of hydrogen-bond acceptors (Lipinski definition) is 4. The fourth-order valence-electron chi connectivity index (χ4n) is 5.06. The number of aliphatic hydroxyl groups is 1. The first-order valence-corrected chi connectivity index (χ1v) is 12.6. The van der Waals surface area contributed by atoms with Crippen molar-refractivity contribution in [1.29, 1.82) is 0 Å². The lowest BCUT2D eigenvalue weighted by atomic mass is 9.91. The molecular formula is C31H31NO4. The van der Waals surface area contributed by atoms with Gasteiger partial charge < -0.3 is 14.7 Å². The van der Waals surface area contributed by atoms with E-state index in [2.05, 4.69) is 53.7 Å². The normalized spacial score (nSPS) is 14.9. The van der Waals surface area contributed by atoms with Crippen LogP contribution in [-0.2, 0) is 16.6 Å². The number of carbonyl (C=O) groups is 1. The fourth-order valence-corrected chi connectivity index (χ4v) is 5.06. The van der Waals surface area contributed by atoms with Crippen LogP contribution in [0.1, 0.15) is 60.6 Å². The van der Waals surface area contributed by atoms with Crippen molar-refractivity contribution in [2.24, 2.45) is 0 Å². The third-order valence-electron chi connectivity index (χ3n) is 7.39. The molecule has 0 aliphatic heterocycles. The van der Waals surface area contributed by atoms with Crippen molar-refractivity contribution >= 4 is 5.97 Å². The molecule has 0 amide bonds. The highest BCUT2D eigenvalue weighted by molar-refractivity contribution is 5.72. The van der Waals surface area contributed by atoms with E-state index >= 15 is 0 Å². The van der Waals surface area contributed by atoms with Crippen molar-refractivity contribution in [1.82, 2.24) is 5.16 Å². The van der Waals surface area contributed by atoms with Gasteiger partial charge in [0.15, 0.2) is 5.76 Å². The number of hydrogen-bond donors (Lipinski definition) is 2. The highest BCUT2D eigenvalue weighted by Crippen LogP contribution is 2.51. The lowest BCUT2D eigenvalue weighted by Crippen LogP contribution is -2.12. The van der Waals surface area contributed by atoms with Crippen LogP contribution in [0, 0.1) is 6.92 Å². The summed E-state index contributed by atoms with van der Waals surface area (Å²) < 4.78 is 5.70. The van der Waals surface area contributed by atoms with E-state index in [1.807, 2.05) is 37.3 Å². The number of carboxylic acids is 1. The Balaban J connectivity index is 1.26. The molecule has 184 valence electrons. The summed E-state index contributed by atoms with van der Waals surface area (Å²) in [5.74, 6) is 0.0505. The summed E-state index contributed by atoms with van der Waals surface area (Å²) in [6, 6.07) is 26.3. The standard InChI is InChI=1S/C31H31NO4/c1-21-27(8-5-9-28(33)24-6-3-2-4-7-24)30(36-32-21)25-12-10-22(11-13-25)23-14-16-26(17-15-23)31(18-19-31)20-29(34)35/h2-4,6-7,10-17,28,33H,5,8-9,18-20H2,1H3,(H,34,35). The Bertz CT molecular complexity index is 1320. The predicted molar refractivity (Wildman–Crippen MR) is 140 cm³/mol. The summed E-state index contributed by atoms with van der Waals surface area (Å²) in [5.41, 5.74) is 7.02. The molecule has 0 radical (unpaired) electrons. The van der Waals surface area contributed by atoms with E-state index in [0.717, 1.165) is 70.5 Å². The summed E-state index contributed by atoms with van der Waals surface area (Å²) >= 11 is 0. The van der Waals surface area contributed by atoms with Gasteiger partial charge in [0.1, 0.15) is 0 Å². The van der Waals surface area contributed by atoms with Gasteiger partial charge in [-0.2, -0.15) is 0 Å².